The molecule has 2 aromatic carbocycles. The summed E-state index contributed by atoms with van der Waals surface area (Å²) < 4.78 is 15.9. The van der Waals surface area contributed by atoms with Gasteiger partial charge in [0.2, 0.25) is 11.7 Å². The lowest BCUT2D eigenvalue weighted by Crippen LogP contribution is -2.08. The van der Waals surface area contributed by atoms with Gasteiger partial charge in [0, 0.05) is 6.08 Å². The molecule has 0 bridgehead atoms. The van der Waals surface area contributed by atoms with E-state index in [0.717, 1.165) is 16.6 Å². The number of hydrogen-bond donors (Lipinski definition) is 2. The summed E-state index contributed by atoms with van der Waals surface area (Å²) in [6, 6.07) is 11.1. The van der Waals surface area contributed by atoms with Gasteiger partial charge >= 0.3 is 0 Å². The number of para-hydroxylation sites is 2. The number of ether oxygens (including phenoxy) is 3. The molecule has 1 amide bonds. The number of aromatic nitrogens is 2. The summed E-state index contributed by atoms with van der Waals surface area (Å²) in [5.74, 6) is 1.62. The molecule has 3 rings (SSSR count). The van der Waals surface area contributed by atoms with Crippen LogP contribution < -0.4 is 19.5 Å². The first-order valence-electron chi connectivity index (χ1n) is 7.88. The van der Waals surface area contributed by atoms with E-state index < -0.39 is 0 Å². The second-order valence-electron chi connectivity index (χ2n) is 5.38. The van der Waals surface area contributed by atoms with E-state index in [1.165, 1.54) is 13.2 Å². The van der Waals surface area contributed by atoms with Crippen molar-refractivity contribution >= 4 is 29.0 Å². The molecular weight excluding hydrogens is 334 g/mol. The van der Waals surface area contributed by atoms with E-state index in [-0.39, 0.29) is 5.91 Å². The lowest BCUT2D eigenvalue weighted by Gasteiger charge is -2.12. The Morgan fingerprint density at radius 1 is 1.08 bits per heavy atom. The number of rotatable bonds is 6. The zero-order chi connectivity index (χ0) is 18.5. The summed E-state index contributed by atoms with van der Waals surface area (Å²) in [6.07, 6.45) is 3.07. The van der Waals surface area contributed by atoms with Gasteiger partial charge in [0.15, 0.2) is 11.5 Å². The van der Waals surface area contributed by atoms with E-state index in [2.05, 4.69) is 15.3 Å². The van der Waals surface area contributed by atoms with E-state index >= 15 is 0 Å². The molecule has 134 valence electrons. The molecule has 0 aliphatic rings. The molecule has 0 aliphatic heterocycles. The van der Waals surface area contributed by atoms with Crippen LogP contribution in [0.5, 0.6) is 17.2 Å². The van der Waals surface area contributed by atoms with Crippen LogP contribution in [0.1, 0.15) is 5.56 Å². The maximum absolute atomic E-state index is 12.1. The van der Waals surface area contributed by atoms with Gasteiger partial charge in [-0.05, 0) is 35.9 Å². The van der Waals surface area contributed by atoms with Crippen molar-refractivity contribution in [2.45, 2.75) is 0 Å². The van der Waals surface area contributed by atoms with Gasteiger partial charge in [-0.1, -0.05) is 12.1 Å². The van der Waals surface area contributed by atoms with Crippen LogP contribution in [0.25, 0.3) is 17.1 Å². The Balaban J connectivity index is 1.77. The molecular formula is C19H19N3O4. The molecule has 1 aromatic heterocycles. The minimum absolute atomic E-state index is 0.308. The van der Waals surface area contributed by atoms with Crippen molar-refractivity contribution in [1.29, 1.82) is 0 Å². The third-order valence-electron chi connectivity index (χ3n) is 3.75. The Morgan fingerprint density at radius 2 is 1.77 bits per heavy atom. The lowest BCUT2D eigenvalue weighted by atomic mass is 10.1. The largest absolute Gasteiger partial charge is 0.493 e. The van der Waals surface area contributed by atoms with Crippen LogP contribution in [0.4, 0.5) is 5.95 Å². The van der Waals surface area contributed by atoms with Gasteiger partial charge in [0.1, 0.15) is 0 Å². The molecule has 7 heteroatoms. The van der Waals surface area contributed by atoms with Crippen LogP contribution in [0.15, 0.2) is 42.5 Å². The highest BCUT2D eigenvalue weighted by atomic mass is 16.5. The van der Waals surface area contributed by atoms with Crippen LogP contribution in [0, 0.1) is 0 Å². The number of carbonyl (C=O) groups excluding carboxylic acids is 1. The second kappa shape index (κ2) is 7.60. The van der Waals surface area contributed by atoms with Crippen molar-refractivity contribution in [3.05, 3.63) is 48.0 Å². The number of amides is 1. The smallest absolute Gasteiger partial charge is 0.250 e. The van der Waals surface area contributed by atoms with Crippen molar-refractivity contribution in [2.24, 2.45) is 0 Å². The molecule has 26 heavy (non-hydrogen) atoms. The van der Waals surface area contributed by atoms with Crippen LogP contribution >= 0.6 is 0 Å². The molecule has 2 N–H and O–H groups in total. The highest BCUT2D eigenvalue weighted by Gasteiger charge is 2.12. The number of nitrogens with one attached hydrogen (secondary N) is 2. The molecule has 1 heterocycles. The molecule has 0 atom stereocenters. The normalized spacial score (nSPS) is 10.9. The molecule has 0 aliphatic carbocycles. The SMILES string of the molecule is COc1cc(/C=C/C(=O)Nc2nc3ccccc3[nH]2)cc(OC)c1OC. The van der Waals surface area contributed by atoms with Crippen molar-refractivity contribution in [2.75, 3.05) is 26.6 Å². The van der Waals surface area contributed by atoms with Gasteiger partial charge in [-0.2, -0.15) is 0 Å². The summed E-state index contributed by atoms with van der Waals surface area (Å²) >= 11 is 0. The first kappa shape index (κ1) is 17.3. The Labute approximate surface area is 150 Å². The summed E-state index contributed by atoms with van der Waals surface area (Å²) in [5.41, 5.74) is 2.38. The Hall–Kier alpha value is -3.48. The molecule has 0 spiro atoms. The molecule has 7 nitrogen and oxygen atoms in total. The topological polar surface area (TPSA) is 85.5 Å². The van der Waals surface area contributed by atoms with Gasteiger partial charge in [0.25, 0.3) is 5.91 Å². The van der Waals surface area contributed by atoms with Crippen LogP contribution in [-0.4, -0.2) is 37.2 Å². The number of hydrogen-bond acceptors (Lipinski definition) is 5. The Morgan fingerprint density at radius 3 is 2.38 bits per heavy atom. The van der Waals surface area contributed by atoms with Crippen molar-refractivity contribution in [3.63, 3.8) is 0 Å². The van der Waals surface area contributed by atoms with Gasteiger partial charge in [-0.25, -0.2) is 4.98 Å². The zero-order valence-electron chi connectivity index (χ0n) is 14.7. The van der Waals surface area contributed by atoms with E-state index in [1.54, 1.807) is 32.4 Å². The summed E-state index contributed by atoms with van der Waals surface area (Å²) in [5, 5.41) is 2.70. The molecule has 0 saturated carbocycles. The number of methoxy groups -OCH3 is 3. The van der Waals surface area contributed by atoms with Gasteiger partial charge in [-0.15, -0.1) is 0 Å². The van der Waals surface area contributed by atoms with E-state index in [9.17, 15) is 4.79 Å². The van der Waals surface area contributed by atoms with Gasteiger partial charge < -0.3 is 19.2 Å². The highest BCUT2D eigenvalue weighted by molar-refractivity contribution is 6.01. The minimum Gasteiger partial charge on any atom is -0.493 e. The lowest BCUT2D eigenvalue weighted by molar-refractivity contribution is -0.111. The van der Waals surface area contributed by atoms with E-state index in [1.807, 2.05) is 24.3 Å². The highest BCUT2D eigenvalue weighted by Crippen LogP contribution is 2.38. The summed E-state index contributed by atoms with van der Waals surface area (Å²) in [4.78, 5) is 19.5. The fourth-order valence-electron chi connectivity index (χ4n) is 2.54. The second-order valence-corrected chi connectivity index (χ2v) is 5.38. The predicted octanol–water partition coefficient (Wildman–Crippen LogP) is 3.24. The maximum Gasteiger partial charge on any atom is 0.250 e. The zero-order valence-corrected chi connectivity index (χ0v) is 14.7. The molecule has 0 radical (unpaired) electrons. The number of nitrogens with zero attached hydrogens (tertiary/aromatic N) is 1. The quantitative estimate of drug-likeness (QED) is 0.665. The average molecular weight is 353 g/mol. The van der Waals surface area contributed by atoms with Crippen molar-refractivity contribution < 1.29 is 19.0 Å². The molecule has 3 aromatic rings. The molecule has 0 fully saturated rings. The van der Waals surface area contributed by atoms with Crippen LogP contribution in [0.3, 0.4) is 0 Å². The average Bonchev–Trinajstić information content (AvgIpc) is 3.07. The predicted molar refractivity (Wildman–Crippen MR) is 99.9 cm³/mol. The van der Waals surface area contributed by atoms with Gasteiger partial charge in [-0.3, -0.25) is 10.1 Å². The number of carbonyl (C=O) groups is 1. The maximum atomic E-state index is 12.1. The monoisotopic (exact) mass is 353 g/mol. The third-order valence-corrected chi connectivity index (χ3v) is 3.75. The van der Waals surface area contributed by atoms with Crippen molar-refractivity contribution in [1.82, 2.24) is 9.97 Å². The number of benzene rings is 2. The number of imidazole rings is 1. The van der Waals surface area contributed by atoms with Gasteiger partial charge in [0.05, 0.1) is 32.4 Å². The number of aromatic amines is 1. The minimum atomic E-state index is -0.308. The fraction of sp³-hybridized carbons (Fsp3) is 0.158. The van der Waals surface area contributed by atoms with Crippen LogP contribution in [0.2, 0.25) is 0 Å². The third kappa shape index (κ3) is 3.61. The fourth-order valence-corrected chi connectivity index (χ4v) is 2.54. The first-order valence-corrected chi connectivity index (χ1v) is 7.88. The van der Waals surface area contributed by atoms with E-state index in [4.69, 9.17) is 14.2 Å². The molecule has 0 unspecified atom stereocenters. The number of H-pyrrole nitrogens is 1. The summed E-state index contributed by atoms with van der Waals surface area (Å²) in [6.45, 7) is 0. The molecule has 0 saturated heterocycles. The number of anilines is 1. The van der Waals surface area contributed by atoms with Crippen molar-refractivity contribution in [3.8, 4) is 17.2 Å². The Bertz CT molecular complexity index is 904. The van der Waals surface area contributed by atoms with Crippen LogP contribution in [-0.2, 0) is 4.79 Å². The summed E-state index contributed by atoms with van der Waals surface area (Å²) in [7, 11) is 4.62. The number of fused-ring (bicyclic) bond motifs is 1. The standard InChI is InChI=1S/C19H19N3O4/c1-24-15-10-12(11-16(25-2)18(15)26-3)8-9-17(23)22-19-20-13-6-4-5-7-14(13)21-19/h4-11H,1-3H3,(H2,20,21,22,23)/b9-8+. The first-order chi connectivity index (χ1) is 12.6. The van der Waals surface area contributed by atoms with E-state index in [0.29, 0.717) is 23.2 Å². The Kier molecular flexibility index (Phi) is 5.07.